The zero-order valence-corrected chi connectivity index (χ0v) is 12.4. The second kappa shape index (κ2) is 6.85. The van der Waals surface area contributed by atoms with Crippen LogP contribution in [0.5, 0.6) is 0 Å². The van der Waals surface area contributed by atoms with E-state index < -0.39 is 0 Å². The molecule has 0 spiro atoms. The van der Waals surface area contributed by atoms with Gasteiger partial charge in [-0.2, -0.15) is 0 Å². The normalized spacial score (nSPS) is 18.6. The predicted molar refractivity (Wildman–Crippen MR) is 79.5 cm³/mol. The SMILES string of the molecule is CCCNC(C)C1CCN(c2ccnc(C)n2)CC1. The van der Waals surface area contributed by atoms with Crippen LogP contribution in [0.3, 0.4) is 0 Å². The molecule has 0 amide bonds. The number of hydrogen-bond donors (Lipinski definition) is 1. The zero-order valence-electron chi connectivity index (χ0n) is 12.4. The fraction of sp³-hybridized carbons (Fsp3) is 0.733. The highest BCUT2D eigenvalue weighted by Gasteiger charge is 2.24. The highest BCUT2D eigenvalue weighted by molar-refractivity contribution is 5.37. The lowest BCUT2D eigenvalue weighted by Crippen LogP contribution is -2.42. The maximum atomic E-state index is 4.52. The summed E-state index contributed by atoms with van der Waals surface area (Å²) in [5.74, 6) is 2.74. The van der Waals surface area contributed by atoms with Gasteiger partial charge in [0.25, 0.3) is 0 Å². The van der Waals surface area contributed by atoms with Gasteiger partial charge in [-0.1, -0.05) is 6.92 Å². The van der Waals surface area contributed by atoms with Crippen LogP contribution in [-0.2, 0) is 0 Å². The van der Waals surface area contributed by atoms with Crippen molar-refractivity contribution in [3.05, 3.63) is 18.1 Å². The van der Waals surface area contributed by atoms with Crippen molar-refractivity contribution in [1.29, 1.82) is 0 Å². The molecule has 1 saturated heterocycles. The van der Waals surface area contributed by atoms with E-state index in [2.05, 4.69) is 34.0 Å². The molecular weight excluding hydrogens is 236 g/mol. The molecule has 1 N–H and O–H groups in total. The first-order chi connectivity index (χ1) is 9.20. The van der Waals surface area contributed by atoms with E-state index in [0.29, 0.717) is 6.04 Å². The largest absolute Gasteiger partial charge is 0.356 e. The minimum absolute atomic E-state index is 0.634. The first kappa shape index (κ1) is 14.3. The fourth-order valence-corrected chi connectivity index (χ4v) is 2.79. The molecule has 1 aliphatic rings. The summed E-state index contributed by atoms with van der Waals surface area (Å²) < 4.78 is 0. The number of rotatable bonds is 5. The van der Waals surface area contributed by atoms with Gasteiger partial charge in [0.05, 0.1) is 0 Å². The molecule has 1 fully saturated rings. The molecule has 19 heavy (non-hydrogen) atoms. The summed E-state index contributed by atoms with van der Waals surface area (Å²) in [7, 11) is 0. The topological polar surface area (TPSA) is 41.0 Å². The van der Waals surface area contributed by atoms with E-state index in [1.165, 1.54) is 19.3 Å². The van der Waals surface area contributed by atoms with Crippen molar-refractivity contribution in [3.63, 3.8) is 0 Å². The highest BCUT2D eigenvalue weighted by Crippen LogP contribution is 2.23. The van der Waals surface area contributed by atoms with Gasteiger partial charge < -0.3 is 10.2 Å². The van der Waals surface area contributed by atoms with E-state index in [4.69, 9.17) is 0 Å². The smallest absolute Gasteiger partial charge is 0.132 e. The summed E-state index contributed by atoms with van der Waals surface area (Å²) in [6.45, 7) is 9.85. The molecule has 106 valence electrons. The molecule has 0 aliphatic carbocycles. The van der Waals surface area contributed by atoms with Gasteiger partial charge in [0.15, 0.2) is 0 Å². The minimum Gasteiger partial charge on any atom is -0.356 e. The number of aromatic nitrogens is 2. The molecule has 1 unspecified atom stereocenters. The molecule has 0 saturated carbocycles. The number of nitrogens with zero attached hydrogens (tertiary/aromatic N) is 3. The van der Waals surface area contributed by atoms with E-state index in [1.807, 2.05) is 19.2 Å². The van der Waals surface area contributed by atoms with E-state index in [9.17, 15) is 0 Å². The van der Waals surface area contributed by atoms with E-state index in [0.717, 1.165) is 37.2 Å². The molecule has 4 heteroatoms. The van der Waals surface area contributed by atoms with Crippen LogP contribution in [0.4, 0.5) is 5.82 Å². The Kier molecular flexibility index (Phi) is 5.14. The van der Waals surface area contributed by atoms with Crippen molar-refractivity contribution in [2.75, 3.05) is 24.5 Å². The first-order valence-corrected chi connectivity index (χ1v) is 7.48. The average Bonchev–Trinajstić information content (AvgIpc) is 2.45. The van der Waals surface area contributed by atoms with Gasteiger partial charge in [0.2, 0.25) is 0 Å². The summed E-state index contributed by atoms with van der Waals surface area (Å²) in [6, 6.07) is 2.65. The van der Waals surface area contributed by atoms with Crippen molar-refractivity contribution in [2.45, 2.75) is 46.1 Å². The van der Waals surface area contributed by atoms with Crippen LogP contribution in [0, 0.1) is 12.8 Å². The standard InChI is InChI=1S/C15H26N4/c1-4-8-16-12(2)14-6-10-19(11-7-14)15-5-9-17-13(3)18-15/h5,9,12,14,16H,4,6-8,10-11H2,1-3H3. The maximum absolute atomic E-state index is 4.52. The maximum Gasteiger partial charge on any atom is 0.132 e. The first-order valence-electron chi connectivity index (χ1n) is 7.48. The molecule has 1 aliphatic heterocycles. The average molecular weight is 262 g/mol. The number of anilines is 1. The summed E-state index contributed by atoms with van der Waals surface area (Å²) in [4.78, 5) is 11.1. The van der Waals surface area contributed by atoms with Crippen LogP contribution in [0.1, 0.15) is 38.9 Å². The van der Waals surface area contributed by atoms with Crippen LogP contribution in [-0.4, -0.2) is 35.6 Å². The third kappa shape index (κ3) is 3.90. The highest BCUT2D eigenvalue weighted by atomic mass is 15.2. The minimum atomic E-state index is 0.634. The lowest BCUT2D eigenvalue weighted by Gasteiger charge is -2.35. The summed E-state index contributed by atoms with van der Waals surface area (Å²) in [6.07, 6.45) is 5.57. The van der Waals surface area contributed by atoms with Gasteiger partial charge in [-0.25, -0.2) is 9.97 Å². The Hall–Kier alpha value is -1.16. The second-order valence-electron chi connectivity index (χ2n) is 5.53. The Morgan fingerprint density at radius 1 is 1.42 bits per heavy atom. The monoisotopic (exact) mass is 262 g/mol. The van der Waals surface area contributed by atoms with Gasteiger partial charge in [-0.15, -0.1) is 0 Å². The Morgan fingerprint density at radius 3 is 2.79 bits per heavy atom. The lowest BCUT2D eigenvalue weighted by atomic mass is 9.90. The Labute approximate surface area is 116 Å². The van der Waals surface area contributed by atoms with Crippen molar-refractivity contribution in [2.24, 2.45) is 5.92 Å². The van der Waals surface area contributed by atoms with Crippen LogP contribution >= 0.6 is 0 Å². The van der Waals surface area contributed by atoms with Crippen LogP contribution in [0.2, 0.25) is 0 Å². The molecule has 1 aromatic heterocycles. The van der Waals surface area contributed by atoms with Crippen molar-refractivity contribution in [3.8, 4) is 0 Å². The van der Waals surface area contributed by atoms with E-state index >= 15 is 0 Å². The third-order valence-corrected chi connectivity index (χ3v) is 4.05. The molecule has 2 rings (SSSR count). The summed E-state index contributed by atoms with van der Waals surface area (Å²) >= 11 is 0. The van der Waals surface area contributed by atoms with Gasteiger partial charge in [0.1, 0.15) is 11.6 Å². The third-order valence-electron chi connectivity index (χ3n) is 4.05. The quantitative estimate of drug-likeness (QED) is 0.884. The van der Waals surface area contributed by atoms with Crippen LogP contribution in [0.15, 0.2) is 12.3 Å². The Balaban J connectivity index is 1.85. The number of aryl methyl sites for hydroxylation is 1. The van der Waals surface area contributed by atoms with Gasteiger partial charge in [0, 0.05) is 25.3 Å². The second-order valence-corrected chi connectivity index (χ2v) is 5.53. The predicted octanol–water partition coefficient (Wildman–Crippen LogP) is 2.39. The lowest BCUT2D eigenvalue weighted by molar-refractivity contribution is 0.311. The molecule has 0 aromatic carbocycles. The molecule has 2 heterocycles. The molecule has 1 aromatic rings. The molecule has 0 radical (unpaired) electrons. The van der Waals surface area contributed by atoms with Gasteiger partial charge in [-0.05, 0) is 51.6 Å². The summed E-state index contributed by atoms with van der Waals surface area (Å²) in [5, 5.41) is 3.62. The van der Waals surface area contributed by atoms with Gasteiger partial charge in [-0.3, -0.25) is 0 Å². The number of hydrogen-bond acceptors (Lipinski definition) is 4. The number of piperidine rings is 1. The Morgan fingerprint density at radius 2 is 2.16 bits per heavy atom. The van der Waals surface area contributed by atoms with Crippen molar-refractivity contribution < 1.29 is 0 Å². The summed E-state index contributed by atoms with van der Waals surface area (Å²) in [5.41, 5.74) is 0. The molecule has 0 bridgehead atoms. The molecule has 1 atom stereocenters. The Bertz CT molecular complexity index is 385. The molecular formula is C15H26N4. The van der Waals surface area contributed by atoms with E-state index in [-0.39, 0.29) is 0 Å². The number of nitrogens with one attached hydrogen (secondary N) is 1. The van der Waals surface area contributed by atoms with Crippen LogP contribution in [0.25, 0.3) is 0 Å². The van der Waals surface area contributed by atoms with Crippen LogP contribution < -0.4 is 10.2 Å². The van der Waals surface area contributed by atoms with E-state index in [1.54, 1.807) is 0 Å². The van der Waals surface area contributed by atoms with Crippen molar-refractivity contribution >= 4 is 5.82 Å². The fourth-order valence-electron chi connectivity index (χ4n) is 2.79. The zero-order chi connectivity index (χ0) is 13.7. The van der Waals surface area contributed by atoms with Crippen molar-refractivity contribution in [1.82, 2.24) is 15.3 Å². The molecule has 4 nitrogen and oxygen atoms in total. The van der Waals surface area contributed by atoms with Gasteiger partial charge >= 0.3 is 0 Å².